The first-order valence-corrected chi connectivity index (χ1v) is 6.34. The lowest BCUT2D eigenvalue weighted by Gasteiger charge is -2.30. The number of nitrogens with one attached hydrogen (secondary N) is 1. The van der Waals surface area contributed by atoms with E-state index in [-0.39, 0.29) is 23.9 Å². The average Bonchev–Trinajstić information content (AvgIpc) is 3.06. The van der Waals surface area contributed by atoms with Crippen molar-refractivity contribution in [3.63, 3.8) is 0 Å². The molecule has 1 saturated heterocycles. The van der Waals surface area contributed by atoms with Gasteiger partial charge in [0, 0.05) is 19.5 Å². The Kier molecular flexibility index (Phi) is 3.38. The van der Waals surface area contributed by atoms with Crippen LogP contribution in [0, 0.1) is 5.92 Å². The van der Waals surface area contributed by atoms with Crippen molar-refractivity contribution in [1.82, 2.24) is 10.2 Å². The minimum atomic E-state index is -0.292. The van der Waals surface area contributed by atoms with Gasteiger partial charge in [-0.05, 0) is 32.1 Å². The number of likely N-dealkylation sites (tertiary alicyclic amines) is 1. The maximum atomic E-state index is 11.9. The van der Waals surface area contributed by atoms with Crippen molar-refractivity contribution in [3.05, 3.63) is 0 Å². The second kappa shape index (κ2) is 4.64. The molecule has 96 valence electrons. The Morgan fingerprint density at radius 2 is 2.29 bits per heavy atom. The Morgan fingerprint density at radius 1 is 1.59 bits per heavy atom. The number of hydrogen-bond donors (Lipinski definition) is 2. The molecule has 1 unspecified atom stereocenters. The molecule has 1 atom stereocenters. The Labute approximate surface area is 102 Å². The molecule has 1 saturated carbocycles. The fourth-order valence-electron chi connectivity index (χ4n) is 2.44. The van der Waals surface area contributed by atoms with E-state index in [1.54, 1.807) is 4.90 Å². The molecular weight excluding hydrogens is 218 g/mol. The topological polar surface area (TPSA) is 75.4 Å². The monoisotopic (exact) mass is 239 g/mol. The lowest BCUT2D eigenvalue weighted by Crippen LogP contribution is -2.55. The molecule has 1 aliphatic carbocycles. The van der Waals surface area contributed by atoms with Crippen LogP contribution in [0.2, 0.25) is 0 Å². The van der Waals surface area contributed by atoms with Gasteiger partial charge in [0.05, 0.1) is 12.1 Å². The Morgan fingerprint density at radius 3 is 2.76 bits per heavy atom. The lowest BCUT2D eigenvalue weighted by atomic mass is 9.96. The first kappa shape index (κ1) is 12.4. The van der Waals surface area contributed by atoms with Gasteiger partial charge in [-0.25, -0.2) is 0 Å². The van der Waals surface area contributed by atoms with E-state index < -0.39 is 0 Å². The molecule has 17 heavy (non-hydrogen) atoms. The van der Waals surface area contributed by atoms with Crippen LogP contribution < -0.4 is 11.1 Å². The molecule has 1 aliphatic heterocycles. The van der Waals surface area contributed by atoms with Crippen molar-refractivity contribution in [2.75, 3.05) is 19.6 Å². The zero-order valence-corrected chi connectivity index (χ0v) is 10.4. The van der Waals surface area contributed by atoms with Crippen LogP contribution in [-0.4, -0.2) is 41.9 Å². The number of nitrogens with two attached hydrogens (primary N) is 1. The molecule has 0 radical (unpaired) electrons. The summed E-state index contributed by atoms with van der Waals surface area (Å²) in [6, 6.07) is 0. The smallest absolute Gasteiger partial charge is 0.240 e. The summed E-state index contributed by atoms with van der Waals surface area (Å²) in [5.41, 5.74) is 5.44. The van der Waals surface area contributed by atoms with Crippen molar-refractivity contribution in [1.29, 1.82) is 0 Å². The van der Waals surface area contributed by atoms with Crippen molar-refractivity contribution in [2.24, 2.45) is 11.7 Å². The summed E-state index contributed by atoms with van der Waals surface area (Å²) in [6.45, 7) is 3.34. The molecule has 2 aliphatic rings. The highest BCUT2D eigenvalue weighted by molar-refractivity contribution is 5.86. The largest absolute Gasteiger partial charge is 0.348 e. The van der Waals surface area contributed by atoms with Crippen LogP contribution in [-0.2, 0) is 9.59 Å². The third kappa shape index (κ3) is 2.77. The van der Waals surface area contributed by atoms with Gasteiger partial charge in [0.25, 0.3) is 0 Å². The summed E-state index contributed by atoms with van der Waals surface area (Å²) in [6.07, 6.45) is 3.71. The van der Waals surface area contributed by atoms with E-state index in [9.17, 15) is 9.59 Å². The first-order valence-electron chi connectivity index (χ1n) is 6.34. The Hall–Kier alpha value is -1.10. The van der Waals surface area contributed by atoms with Crippen LogP contribution in [0.15, 0.2) is 0 Å². The molecular formula is C12H21N3O2. The molecule has 2 fully saturated rings. The fraction of sp³-hybridized carbons (Fsp3) is 0.833. The number of amides is 2. The molecule has 5 heteroatoms. The molecule has 5 nitrogen and oxygen atoms in total. The number of hydrogen-bond acceptors (Lipinski definition) is 3. The highest BCUT2D eigenvalue weighted by Crippen LogP contribution is 2.38. The van der Waals surface area contributed by atoms with E-state index in [0.29, 0.717) is 25.4 Å². The van der Waals surface area contributed by atoms with E-state index in [1.165, 1.54) is 0 Å². The van der Waals surface area contributed by atoms with Crippen LogP contribution in [0.3, 0.4) is 0 Å². The first-order chi connectivity index (χ1) is 8.05. The summed E-state index contributed by atoms with van der Waals surface area (Å²) >= 11 is 0. The average molecular weight is 239 g/mol. The summed E-state index contributed by atoms with van der Waals surface area (Å²) in [5.74, 6) is 0.506. The zero-order valence-electron chi connectivity index (χ0n) is 10.4. The molecule has 3 N–H and O–H groups in total. The molecule has 0 aromatic heterocycles. The van der Waals surface area contributed by atoms with Crippen molar-refractivity contribution in [2.45, 2.75) is 38.1 Å². The normalized spacial score (nSPS) is 23.6. The maximum Gasteiger partial charge on any atom is 0.240 e. The quantitative estimate of drug-likeness (QED) is 0.700. The van der Waals surface area contributed by atoms with Gasteiger partial charge < -0.3 is 16.0 Å². The molecule has 0 aromatic rings. The highest BCUT2D eigenvalue weighted by atomic mass is 16.2. The van der Waals surface area contributed by atoms with Crippen molar-refractivity contribution >= 4 is 11.8 Å². The van der Waals surface area contributed by atoms with Gasteiger partial charge in [-0.3, -0.25) is 9.59 Å². The Bertz CT molecular complexity index is 328. The highest BCUT2D eigenvalue weighted by Gasteiger charge is 2.41. The molecule has 1 heterocycles. The second-order valence-electron chi connectivity index (χ2n) is 5.36. The van der Waals surface area contributed by atoms with E-state index in [4.69, 9.17) is 5.73 Å². The van der Waals surface area contributed by atoms with Gasteiger partial charge in [-0.2, -0.15) is 0 Å². The molecule has 0 aromatic carbocycles. The summed E-state index contributed by atoms with van der Waals surface area (Å²) < 4.78 is 0. The minimum Gasteiger partial charge on any atom is -0.348 e. The van der Waals surface area contributed by atoms with Crippen molar-refractivity contribution < 1.29 is 9.59 Å². The second-order valence-corrected chi connectivity index (χ2v) is 5.36. The predicted octanol–water partition coefficient (Wildman–Crippen LogP) is -0.148. The fourth-order valence-corrected chi connectivity index (χ4v) is 2.44. The van der Waals surface area contributed by atoms with Gasteiger partial charge in [-0.15, -0.1) is 0 Å². The molecule has 2 amide bonds. The van der Waals surface area contributed by atoms with Crippen molar-refractivity contribution in [3.8, 4) is 0 Å². The van der Waals surface area contributed by atoms with E-state index in [1.807, 2.05) is 6.92 Å². The van der Waals surface area contributed by atoms with E-state index in [2.05, 4.69) is 5.32 Å². The number of rotatable bonds is 5. The van der Waals surface area contributed by atoms with Gasteiger partial charge in [-0.1, -0.05) is 0 Å². The van der Waals surface area contributed by atoms with Gasteiger partial charge >= 0.3 is 0 Å². The SMILES string of the molecule is CC(CN)(NC(=O)CN1CCCC1=O)C1CC1. The third-order valence-electron chi connectivity index (χ3n) is 3.83. The minimum absolute atomic E-state index is 0.0832. The van der Waals surface area contributed by atoms with E-state index >= 15 is 0 Å². The molecule has 0 bridgehead atoms. The van der Waals surface area contributed by atoms with E-state index in [0.717, 1.165) is 19.3 Å². The van der Waals surface area contributed by atoms with Crippen LogP contribution in [0.25, 0.3) is 0 Å². The zero-order chi connectivity index (χ0) is 12.5. The molecule has 0 spiro atoms. The van der Waals surface area contributed by atoms with Gasteiger partial charge in [0.15, 0.2) is 0 Å². The standard InChI is InChI=1S/C12H21N3O2/c1-12(8-13,9-4-5-9)14-10(16)7-15-6-2-3-11(15)17/h9H,2-8,13H2,1H3,(H,14,16). The van der Waals surface area contributed by atoms with Crippen LogP contribution in [0.5, 0.6) is 0 Å². The summed E-state index contributed by atoms with van der Waals surface area (Å²) in [5, 5.41) is 2.99. The molecule has 2 rings (SSSR count). The number of carbonyl (C=O) groups excluding carboxylic acids is 2. The van der Waals surface area contributed by atoms with Crippen LogP contribution in [0.4, 0.5) is 0 Å². The number of carbonyl (C=O) groups is 2. The van der Waals surface area contributed by atoms with Crippen LogP contribution >= 0.6 is 0 Å². The summed E-state index contributed by atoms with van der Waals surface area (Å²) in [7, 11) is 0. The third-order valence-corrected chi connectivity index (χ3v) is 3.83. The number of nitrogens with zero attached hydrogens (tertiary/aromatic N) is 1. The lowest BCUT2D eigenvalue weighted by molar-refractivity contribution is -0.133. The van der Waals surface area contributed by atoms with Crippen LogP contribution in [0.1, 0.15) is 32.6 Å². The Balaban J connectivity index is 1.85. The van der Waals surface area contributed by atoms with Gasteiger partial charge in [0.2, 0.25) is 11.8 Å². The predicted molar refractivity (Wildman–Crippen MR) is 64.1 cm³/mol. The maximum absolute atomic E-state index is 11.9. The van der Waals surface area contributed by atoms with Gasteiger partial charge in [0.1, 0.15) is 0 Å². The summed E-state index contributed by atoms with van der Waals surface area (Å²) in [4.78, 5) is 24.9.